The van der Waals surface area contributed by atoms with E-state index in [-0.39, 0.29) is 11.5 Å². The third-order valence-electron chi connectivity index (χ3n) is 7.05. The summed E-state index contributed by atoms with van der Waals surface area (Å²) in [6.45, 7) is 3.96. The average Bonchev–Trinajstić information content (AvgIpc) is 3.34. The number of anilines is 1. The van der Waals surface area contributed by atoms with Crippen LogP contribution in [0.25, 0.3) is 10.8 Å². The van der Waals surface area contributed by atoms with E-state index in [2.05, 4.69) is 31.2 Å². The maximum atomic E-state index is 12.6. The lowest BCUT2D eigenvalue weighted by atomic mass is 10.0. The summed E-state index contributed by atoms with van der Waals surface area (Å²) in [6, 6.07) is 12.0. The zero-order valence-electron chi connectivity index (χ0n) is 18.7. The Morgan fingerprint density at radius 3 is 2.70 bits per heavy atom. The van der Waals surface area contributed by atoms with E-state index in [1.54, 1.807) is 25.4 Å². The van der Waals surface area contributed by atoms with Crippen molar-refractivity contribution >= 4 is 34.0 Å². The van der Waals surface area contributed by atoms with Gasteiger partial charge in [-0.15, -0.1) is 0 Å². The molecular weight excluding hydrogens is 438 g/mol. The van der Waals surface area contributed by atoms with Crippen LogP contribution in [0, 0.1) is 0 Å². The number of hydrogen-bond donors (Lipinski definition) is 2. The predicted molar refractivity (Wildman–Crippen MR) is 131 cm³/mol. The van der Waals surface area contributed by atoms with Gasteiger partial charge in [-0.3, -0.25) is 14.5 Å². The zero-order valence-corrected chi connectivity index (χ0v) is 19.4. The van der Waals surface area contributed by atoms with Crippen LogP contribution >= 0.6 is 11.6 Å². The van der Waals surface area contributed by atoms with Crippen LogP contribution in [-0.2, 0) is 0 Å². The van der Waals surface area contributed by atoms with Crippen molar-refractivity contribution in [2.45, 2.75) is 31.2 Å². The van der Waals surface area contributed by atoms with Gasteiger partial charge < -0.3 is 15.2 Å². The minimum Gasteiger partial charge on any atom is -0.370 e. The van der Waals surface area contributed by atoms with Crippen LogP contribution in [0.4, 0.5) is 5.69 Å². The number of H-pyrrole nitrogens is 1. The number of benzene rings is 1. The second kappa shape index (κ2) is 9.15. The Morgan fingerprint density at radius 2 is 1.97 bits per heavy atom. The summed E-state index contributed by atoms with van der Waals surface area (Å²) < 4.78 is 0. The molecule has 0 spiro atoms. The van der Waals surface area contributed by atoms with Gasteiger partial charge in [-0.05, 0) is 55.5 Å². The summed E-state index contributed by atoms with van der Waals surface area (Å²) in [6.07, 6.45) is 5.02. The lowest BCUT2D eigenvalue weighted by molar-refractivity contribution is 0.0958. The molecule has 2 aliphatic rings. The van der Waals surface area contributed by atoms with E-state index < -0.39 is 0 Å². The number of fused-ring (bicyclic) bond motifs is 1. The standard InChI is InChI=1S/C25H28ClN5O2/c1-27-24(32)21-6-5-19(14-28-21)30-11-8-18(9-12-30)31-10-7-17(15-31)22-13-16-3-2-4-20(26)23(16)25(33)29-22/h2-6,13-14,17-18H,7-12,15H2,1H3,(H,27,32)(H,29,33). The lowest BCUT2D eigenvalue weighted by Gasteiger charge is -2.37. The number of pyridine rings is 2. The van der Waals surface area contributed by atoms with Crippen molar-refractivity contribution in [1.29, 1.82) is 0 Å². The summed E-state index contributed by atoms with van der Waals surface area (Å²) >= 11 is 6.23. The van der Waals surface area contributed by atoms with E-state index in [1.165, 1.54) is 0 Å². The van der Waals surface area contributed by atoms with Gasteiger partial charge in [-0.2, -0.15) is 0 Å². The molecule has 33 heavy (non-hydrogen) atoms. The molecule has 172 valence electrons. The number of aromatic amines is 1. The first-order valence-electron chi connectivity index (χ1n) is 11.5. The van der Waals surface area contributed by atoms with Crippen molar-refractivity contribution in [2.75, 3.05) is 38.1 Å². The Balaban J connectivity index is 1.21. The number of nitrogens with one attached hydrogen (secondary N) is 2. The summed E-state index contributed by atoms with van der Waals surface area (Å²) in [5, 5.41) is 4.58. The molecule has 1 aromatic carbocycles. The fourth-order valence-electron chi connectivity index (χ4n) is 5.22. The van der Waals surface area contributed by atoms with Gasteiger partial charge in [0.05, 0.1) is 22.3 Å². The van der Waals surface area contributed by atoms with Gasteiger partial charge in [0.2, 0.25) is 0 Å². The van der Waals surface area contributed by atoms with Crippen molar-refractivity contribution in [3.63, 3.8) is 0 Å². The monoisotopic (exact) mass is 465 g/mol. The van der Waals surface area contributed by atoms with Gasteiger partial charge in [-0.25, -0.2) is 4.98 Å². The minimum absolute atomic E-state index is 0.101. The van der Waals surface area contributed by atoms with E-state index in [0.29, 0.717) is 28.1 Å². The van der Waals surface area contributed by atoms with Gasteiger partial charge in [0.15, 0.2) is 0 Å². The molecular formula is C25H28ClN5O2. The van der Waals surface area contributed by atoms with Gasteiger partial charge in [0, 0.05) is 44.3 Å². The molecule has 2 saturated heterocycles. The Bertz CT molecular complexity index is 1220. The molecule has 0 aliphatic carbocycles. The zero-order chi connectivity index (χ0) is 22.9. The van der Waals surface area contributed by atoms with Gasteiger partial charge in [0.25, 0.3) is 11.5 Å². The molecule has 4 heterocycles. The number of aromatic nitrogens is 2. The first-order valence-corrected chi connectivity index (χ1v) is 11.9. The van der Waals surface area contributed by atoms with Crippen LogP contribution in [0.1, 0.15) is 41.4 Å². The Labute approximate surface area is 197 Å². The van der Waals surface area contributed by atoms with Crippen LogP contribution in [0.2, 0.25) is 5.02 Å². The van der Waals surface area contributed by atoms with Crippen molar-refractivity contribution in [3.8, 4) is 0 Å². The number of amides is 1. The van der Waals surface area contributed by atoms with Crippen LogP contribution in [0.15, 0.2) is 47.4 Å². The number of carbonyl (C=O) groups is 1. The SMILES string of the molecule is CNC(=O)c1ccc(N2CCC(N3CCC(c4cc5cccc(Cl)c5c(=O)[nH]4)C3)CC2)cn1. The second-order valence-electron chi connectivity index (χ2n) is 8.94. The molecule has 1 unspecified atom stereocenters. The number of likely N-dealkylation sites (tertiary alicyclic amines) is 1. The highest BCUT2D eigenvalue weighted by atomic mass is 35.5. The van der Waals surface area contributed by atoms with E-state index in [1.807, 2.05) is 18.2 Å². The summed E-state index contributed by atoms with van der Waals surface area (Å²) in [5.41, 5.74) is 2.41. The van der Waals surface area contributed by atoms with Crippen molar-refractivity contribution in [2.24, 2.45) is 0 Å². The van der Waals surface area contributed by atoms with Gasteiger partial charge in [0.1, 0.15) is 5.69 Å². The van der Waals surface area contributed by atoms with Gasteiger partial charge >= 0.3 is 0 Å². The number of piperidine rings is 1. The Kier molecular flexibility index (Phi) is 6.08. The topological polar surface area (TPSA) is 81.3 Å². The molecule has 0 radical (unpaired) electrons. The Hall–Kier alpha value is -2.90. The number of halogens is 1. The minimum atomic E-state index is -0.167. The Morgan fingerprint density at radius 1 is 1.15 bits per heavy atom. The number of rotatable bonds is 4. The molecule has 2 fully saturated rings. The van der Waals surface area contributed by atoms with Crippen LogP contribution in [0.5, 0.6) is 0 Å². The molecule has 2 aliphatic heterocycles. The molecule has 8 heteroatoms. The van der Waals surface area contributed by atoms with Crippen LogP contribution in [-0.4, -0.2) is 60.0 Å². The van der Waals surface area contributed by atoms with E-state index >= 15 is 0 Å². The van der Waals surface area contributed by atoms with E-state index in [4.69, 9.17) is 11.6 Å². The average molecular weight is 466 g/mol. The molecule has 0 saturated carbocycles. The largest absolute Gasteiger partial charge is 0.370 e. The smallest absolute Gasteiger partial charge is 0.269 e. The highest BCUT2D eigenvalue weighted by molar-refractivity contribution is 6.35. The summed E-state index contributed by atoms with van der Waals surface area (Å²) in [7, 11) is 1.61. The van der Waals surface area contributed by atoms with E-state index in [0.717, 1.165) is 62.2 Å². The summed E-state index contributed by atoms with van der Waals surface area (Å²) in [4.78, 5) is 36.6. The highest BCUT2D eigenvalue weighted by Gasteiger charge is 2.32. The summed E-state index contributed by atoms with van der Waals surface area (Å²) in [5.74, 6) is 0.167. The third kappa shape index (κ3) is 4.35. The van der Waals surface area contributed by atoms with Crippen molar-refractivity contribution < 1.29 is 4.79 Å². The highest BCUT2D eigenvalue weighted by Crippen LogP contribution is 2.32. The number of nitrogens with zero attached hydrogens (tertiary/aromatic N) is 3. The van der Waals surface area contributed by atoms with Crippen LogP contribution < -0.4 is 15.8 Å². The van der Waals surface area contributed by atoms with Gasteiger partial charge in [-0.1, -0.05) is 23.7 Å². The number of hydrogen-bond acceptors (Lipinski definition) is 5. The van der Waals surface area contributed by atoms with E-state index in [9.17, 15) is 9.59 Å². The first kappa shape index (κ1) is 21.9. The van der Waals surface area contributed by atoms with Crippen LogP contribution in [0.3, 0.4) is 0 Å². The van der Waals surface area contributed by atoms with Crippen molar-refractivity contribution in [3.05, 3.63) is 69.4 Å². The fraction of sp³-hybridized carbons (Fsp3) is 0.400. The van der Waals surface area contributed by atoms with Crippen molar-refractivity contribution in [1.82, 2.24) is 20.2 Å². The maximum Gasteiger partial charge on any atom is 0.269 e. The first-order chi connectivity index (χ1) is 16.0. The predicted octanol–water partition coefficient (Wildman–Crippen LogP) is 3.39. The fourth-order valence-corrected chi connectivity index (χ4v) is 5.48. The molecule has 5 rings (SSSR count). The molecule has 2 aromatic heterocycles. The molecule has 1 amide bonds. The quantitative estimate of drug-likeness (QED) is 0.617. The molecule has 7 nitrogen and oxygen atoms in total. The second-order valence-corrected chi connectivity index (χ2v) is 9.34. The molecule has 3 aromatic rings. The molecule has 0 bridgehead atoms. The third-order valence-corrected chi connectivity index (χ3v) is 7.37. The maximum absolute atomic E-state index is 12.6. The molecule has 2 N–H and O–H groups in total. The normalized spacial score (nSPS) is 19.8. The lowest BCUT2D eigenvalue weighted by Crippen LogP contribution is -2.44. The molecule has 1 atom stereocenters. The number of carbonyl (C=O) groups excluding carboxylic acids is 1.